The van der Waals surface area contributed by atoms with Crippen molar-refractivity contribution in [2.24, 2.45) is 5.14 Å². The maximum absolute atomic E-state index is 14.0. The van der Waals surface area contributed by atoms with E-state index in [-0.39, 0.29) is 32.6 Å². The van der Waals surface area contributed by atoms with Crippen molar-refractivity contribution in [1.82, 2.24) is 10.2 Å². The molecule has 0 unspecified atom stereocenters. The Bertz CT molecular complexity index is 1120. The van der Waals surface area contributed by atoms with Crippen LogP contribution in [-0.2, 0) is 10.0 Å². The molecule has 1 heterocycles. The van der Waals surface area contributed by atoms with E-state index in [1.165, 1.54) is 42.5 Å². The first-order valence-electron chi connectivity index (χ1n) is 7.61. The Labute approximate surface area is 159 Å². The molecule has 3 aromatic rings. The standard InChI is InChI=1S/C17H14ClFN4O3S/c1-9-5-6-10(27(20,25)26)7-13(9)21-17(24)15-8-14(22-23-15)16-11(18)3-2-4-12(16)19/h2-8H,1H3,(H,21,24)(H,22,23)(H2,20,25,26). The first kappa shape index (κ1) is 19.0. The van der Waals surface area contributed by atoms with Crippen LogP contribution in [0.5, 0.6) is 0 Å². The van der Waals surface area contributed by atoms with E-state index in [4.69, 9.17) is 16.7 Å². The van der Waals surface area contributed by atoms with Crippen LogP contribution in [0.3, 0.4) is 0 Å². The number of nitrogens with one attached hydrogen (secondary N) is 2. The predicted molar refractivity (Wildman–Crippen MR) is 99.5 cm³/mol. The van der Waals surface area contributed by atoms with Crippen molar-refractivity contribution in [2.45, 2.75) is 11.8 Å². The van der Waals surface area contributed by atoms with Crippen LogP contribution in [0.2, 0.25) is 5.02 Å². The number of sulfonamides is 1. The molecule has 0 saturated heterocycles. The summed E-state index contributed by atoms with van der Waals surface area (Å²) < 4.78 is 37.0. The summed E-state index contributed by atoms with van der Waals surface area (Å²) in [5.41, 5.74) is 1.20. The zero-order chi connectivity index (χ0) is 19.8. The quantitative estimate of drug-likeness (QED) is 0.614. The first-order chi connectivity index (χ1) is 12.7. The molecule has 0 radical (unpaired) electrons. The number of halogens is 2. The number of rotatable bonds is 4. The van der Waals surface area contributed by atoms with Gasteiger partial charge in [-0.05, 0) is 42.8 Å². The Morgan fingerprint density at radius 2 is 2.00 bits per heavy atom. The van der Waals surface area contributed by atoms with Gasteiger partial charge in [-0.1, -0.05) is 23.7 Å². The molecule has 1 aromatic heterocycles. The number of benzene rings is 2. The van der Waals surface area contributed by atoms with Crippen molar-refractivity contribution < 1.29 is 17.6 Å². The van der Waals surface area contributed by atoms with Gasteiger partial charge >= 0.3 is 0 Å². The van der Waals surface area contributed by atoms with Crippen LogP contribution in [0.1, 0.15) is 16.1 Å². The summed E-state index contributed by atoms with van der Waals surface area (Å²) >= 11 is 6.01. The maximum Gasteiger partial charge on any atom is 0.276 e. The number of nitrogens with two attached hydrogens (primary N) is 1. The molecular weight excluding hydrogens is 395 g/mol. The van der Waals surface area contributed by atoms with Gasteiger partial charge in [-0.3, -0.25) is 9.89 Å². The van der Waals surface area contributed by atoms with E-state index < -0.39 is 21.7 Å². The van der Waals surface area contributed by atoms with Gasteiger partial charge in [-0.25, -0.2) is 17.9 Å². The number of hydrogen-bond acceptors (Lipinski definition) is 4. The van der Waals surface area contributed by atoms with Gasteiger partial charge in [0, 0.05) is 5.69 Å². The van der Waals surface area contributed by atoms with E-state index in [0.717, 1.165) is 0 Å². The number of hydrogen-bond donors (Lipinski definition) is 3. The molecule has 27 heavy (non-hydrogen) atoms. The SMILES string of the molecule is Cc1ccc(S(N)(=O)=O)cc1NC(=O)c1cc(-c2c(F)cccc2Cl)[nH]n1. The first-order valence-corrected chi connectivity index (χ1v) is 9.54. The molecule has 0 bridgehead atoms. The summed E-state index contributed by atoms with van der Waals surface area (Å²) in [5.74, 6) is -1.17. The Balaban J connectivity index is 1.90. The van der Waals surface area contributed by atoms with Crippen molar-refractivity contribution >= 4 is 33.2 Å². The highest BCUT2D eigenvalue weighted by Crippen LogP contribution is 2.29. The number of nitrogens with zero attached hydrogens (tertiary/aromatic N) is 1. The molecule has 4 N–H and O–H groups in total. The molecule has 1 amide bonds. The second-order valence-corrected chi connectivity index (χ2v) is 7.71. The summed E-state index contributed by atoms with van der Waals surface area (Å²) in [6, 6.07) is 9.68. The molecule has 0 aliphatic carbocycles. The Hall–Kier alpha value is -2.75. The van der Waals surface area contributed by atoms with Crippen molar-refractivity contribution in [2.75, 3.05) is 5.32 Å². The van der Waals surface area contributed by atoms with E-state index in [2.05, 4.69) is 15.5 Å². The second kappa shape index (κ2) is 7.10. The fourth-order valence-electron chi connectivity index (χ4n) is 2.42. The topological polar surface area (TPSA) is 118 Å². The number of carbonyl (C=O) groups is 1. The van der Waals surface area contributed by atoms with Gasteiger partial charge in [0.1, 0.15) is 5.82 Å². The summed E-state index contributed by atoms with van der Waals surface area (Å²) in [6.45, 7) is 1.69. The van der Waals surface area contributed by atoms with Gasteiger partial charge in [-0.15, -0.1) is 0 Å². The molecule has 0 aliphatic heterocycles. The minimum atomic E-state index is -3.91. The van der Waals surface area contributed by atoms with Gasteiger partial charge in [0.2, 0.25) is 10.0 Å². The molecule has 7 nitrogen and oxygen atoms in total. The van der Waals surface area contributed by atoms with E-state index >= 15 is 0 Å². The molecule has 3 rings (SSSR count). The monoisotopic (exact) mass is 408 g/mol. The molecule has 0 spiro atoms. The van der Waals surface area contributed by atoms with Crippen molar-refractivity contribution in [1.29, 1.82) is 0 Å². The molecule has 10 heteroatoms. The van der Waals surface area contributed by atoms with E-state index in [1.807, 2.05) is 0 Å². The van der Waals surface area contributed by atoms with Crippen LogP contribution < -0.4 is 10.5 Å². The summed E-state index contributed by atoms with van der Waals surface area (Å²) in [6.07, 6.45) is 0. The molecule has 0 atom stereocenters. The minimum Gasteiger partial charge on any atom is -0.320 e. The van der Waals surface area contributed by atoms with E-state index in [9.17, 15) is 17.6 Å². The minimum absolute atomic E-state index is 0.0234. The lowest BCUT2D eigenvalue weighted by molar-refractivity contribution is 0.102. The molecule has 2 aromatic carbocycles. The zero-order valence-corrected chi connectivity index (χ0v) is 15.5. The van der Waals surface area contributed by atoms with E-state index in [1.54, 1.807) is 6.92 Å². The van der Waals surface area contributed by atoms with Crippen molar-refractivity contribution in [3.8, 4) is 11.3 Å². The van der Waals surface area contributed by atoms with Gasteiger partial charge in [0.25, 0.3) is 5.91 Å². The van der Waals surface area contributed by atoms with Crippen LogP contribution in [0.4, 0.5) is 10.1 Å². The van der Waals surface area contributed by atoms with Gasteiger partial charge in [0.05, 0.1) is 21.2 Å². The number of carbonyl (C=O) groups excluding carboxylic acids is 1. The lowest BCUT2D eigenvalue weighted by Crippen LogP contribution is -2.16. The van der Waals surface area contributed by atoms with Crippen LogP contribution in [0.25, 0.3) is 11.3 Å². The van der Waals surface area contributed by atoms with Crippen molar-refractivity contribution in [3.05, 3.63) is 64.6 Å². The highest BCUT2D eigenvalue weighted by atomic mass is 35.5. The third kappa shape index (κ3) is 4.00. The highest BCUT2D eigenvalue weighted by molar-refractivity contribution is 7.89. The largest absolute Gasteiger partial charge is 0.320 e. The summed E-state index contributed by atoms with van der Waals surface area (Å²) in [7, 11) is -3.91. The van der Waals surface area contributed by atoms with Crippen molar-refractivity contribution in [3.63, 3.8) is 0 Å². The second-order valence-electron chi connectivity index (χ2n) is 5.74. The molecule has 0 aliphatic rings. The number of amides is 1. The Morgan fingerprint density at radius 1 is 1.26 bits per heavy atom. The number of primary sulfonamides is 1. The Morgan fingerprint density at radius 3 is 2.67 bits per heavy atom. The number of anilines is 1. The fourth-order valence-corrected chi connectivity index (χ4v) is 3.22. The third-order valence-electron chi connectivity index (χ3n) is 3.83. The van der Waals surface area contributed by atoms with Gasteiger partial charge < -0.3 is 5.32 Å². The van der Waals surface area contributed by atoms with Crippen LogP contribution in [0, 0.1) is 12.7 Å². The molecular formula is C17H14ClFN4O3S. The lowest BCUT2D eigenvalue weighted by atomic mass is 10.1. The maximum atomic E-state index is 14.0. The number of aryl methyl sites for hydroxylation is 1. The smallest absolute Gasteiger partial charge is 0.276 e. The summed E-state index contributed by atoms with van der Waals surface area (Å²) in [5, 5.41) is 14.3. The third-order valence-corrected chi connectivity index (χ3v) is 5.05. The van der Waals surface area contributed by atoms with Crippen LogP contribution in [-0.4, -0.2) is 24.5 Å². The molecule has 0 saturated carbocycles. The zero-order valence-electron chi connectivity index (χ0n) is 14.0. The van der Waals surface area contributed by atoms with Gasteiger partial charge in [-0.2, -0.15) is 5.10 Å². The highest BCUT2D eigenvalue weighted by Gasteiger charge is 2.17. The molecule has 0 fully saturated rings. The molecule has 140 valence electrons. The predicted octanol–water partition coefficient (Wildman–Crippen LogP) is 3.08. The number of H-pyrrole nitrogens is 1. The number of aromatic amines is 1. The summed E-state index contributed by atoms with van der Waals surface area (Å²) in [4.78, 5) is 12.3. The average molecular weight is 409 g/mol. The van der Waals surface area contributed by atoms with Gasteiger partial charge in [0.15, 0.2) is 5.69 Å². The normalized spacial score (nSPS) is 11.4. The average Bonchev–Trinajstić information content (AvgIpc) is 3.05. The lowest BCUT2D eigenvalue weighted by Gasteiger charge is -2.08. The number of aromatic nitrogens is 2. The van der Waals surface area contributed by atoms with Crippen LogP contribution in [0.15, 0.2) is 47.4 Å². The fraction of sp³-hybridized carbons (Fsp3) is 0.0588. The van der Waals surface area contributed by atoms with Crippen LogP contribution >= 0.6 is 11.6 Å². The van der Waals surface area contributed by atoms with E-state index in [0.29, 0.717) is 5.56 Å². The Kier molecular flexibility index (Phi) is 5.01.